The van der Waals surface area contributed by atoms with Crippen LogP contribution in [0.15, 0.2) is 24.4 Å². The van der Waals surface area contributed by atoms with Gasteiger partial charge in [-0.15, -0.1) is 0 Å². The molecule has 5 heteroatoms. The van der Waals surface area contributed by atoms with Crippen molar-refractivity contribution in [2.75, 3.05) is 18.1 Å². The number of aromatic nitrogens is 3. The maximum absolute atomic E-state index is 5.92. The molecule has 0 radical (unpaired) electrons. The van der Waals surface area contributed by atoms with Crippen molar-refractivity contribution >= 4 is 11.6 Å². The molecule has 2 aromatic heterocycles. The van der Waals surface area contributed by atoms with Crippen molar-refractivity contribution in [2.45, 2.75) is 19.9 Å². The van der Waals surface area contributed by atoms with Gasteiger partial charge in [-0.1, -0.05) is 0 Å². The standard InChI is InChI=1S/C12H17N5/c1-8(2)17-11(13)7-10(16-17)9-4-5-15-12(6-9)14-3/h4-8H,13H2,1-3H3,(H,14,15). The third-order valence-electron chi connectivity index (χ3n) is 2.57. The van der Waals surface area contributed by atoms with Gasteiger partial charge in [-0.05, 0) is 26.0 Å². The van der Waals surface area contributed by atoms with Crippen LogP contribution in [0, 0.1) is 0 Å². The van der Waals surface area contributed by atoms with E-state index in [0.717, 1.165) is 17.1 Å². The average Bonchev–Trinajstić information content (AvgIpc) is 2.71. The summed E-state index contributed by atoms with van der Waals surface area (Å²) in [5.74, 6) is 1.50. The number of anilines is 2. The second-order valence-corrected chi connectivity index (χ2v) is 4.17. The summed E-state index contributed by atoms with van der Waals surface area (Å²) in [5, 5.41) is 7.50. The molecule has 5 nitrogen and oxygen atoms in total. The number of pyridine rings is 1. The summed E-state index contributed by atoms with van der Waals surface area (Å²) in [6, 6.07) is 6.02. The Morgan fingerprint density at radius 2 is 2.12 bits per heavy atom. The number of nitrogens with one attached hydrogen (secondary N) is 1. The Balaban J connectivity index is 2.42. The first kappa shape index (κ1) is 11.4. The highest BCUT2D eigenvalue weighted by Crippen LogP contribution is 2.23. The van der Waals surface area contributed by atoms with E-state index in [0.29, 0.717) is 5.82 Å². The lowest BCUT2D eigenvalue weighted by molar-refractivity contribution is 0.542. The third-order valence-corrected chi connectivity index (χ3v) is 2.57. The Kier molecular flexibility index (Phi) is 2.99. The van der Waals surface area contributed by atoms with Crippen LogP contribution in [-0.4, -0.2) is 21.8 Å². The fraction of sp³-hybridized carbons (Fsp3) is 0.333. The van der Waals surface area contributed by atoms with Crippen molar-refractivity contribution in [1.29, 1.82) is 0 Å². The predicted octanol–water partition coefficient (Wildman–Crippen LogP) is 2.15. The van der Waals surface area contributed by atoms with Gasteiger partial charge in [0.2, 0.25) is 0 Å². The lowest BCUT2D eigenvalue weighted by atomic mass is 10.2. The van der Waals surface area contributed by atoms with Crippen LogP contribution in [0.5, 0.6) is 0 Å². The molecule has 2 heterocycles. The van der Waals surface area contributed by atoms with Crippen molar-refractivity contribution < 1.29 is 0 Å². The maximum Gasteiger partial charge on any atom is 0.126 e. The molecule has 0 amide bonds. The van der Waals surface area contributed by atoms with Crippen LogP contribution in [0.2, 0.25) is 0 Å². The number of rotatable bonds is 3. The van der Waals surface area contributed by atoms with Crippen LogP contribution in [0.4, 0.5) is 11.6 Å². The van der Waals surface area contributed by atoms with Crippen molar-refractivity contribution in [3.8, 4) is 11.3 Å². The molecule has 0 saturated carbocycles. The topological polar surface area (TPSA) is 68.8 Å². The van der Waals surface area contributed by atoms with Gasteiger partial charge in [0.1, 0.15) is 11.6 Å². The fourth-order valence-corrected chi connectivity index (χ4v) is 1.69. The molecule has 3 N–H and O–H groups in total. The number of hydrogen-bond donors (Lipinski definition) is 2. The largest absolute Gasteiger partial charge is 0.384 e. The number of nitrogen functional groups attached to an aromatic ring is 1. The lowest BCUT2D eigenvalue weighted by Crippen LogP contribution is -2.06. The summed E-state index contributed by atoms with van der Waals surface area (Å²) >= 11 is 0. The zero-order valence-electron chi connectivity index (χ0n) is 10.3. The van der Waals surface area contributed by atoms with Crippen molar-refractivity contribution in [2.24, 2.45) is 0 Å². The summed E-state index contributed by atoms with van der Waals surface area (Å²) < 4.78 is 1.81. The first-order chi connectivity index (χ1) is 8.11. The monoisotopic (exact) mass is 231 g/mol. The van der Waals surface area contributed by atoms with Gasteiger partial charge in [0.25, 0.3) is 0 Å². The molecule has 0 aliphatic heterocycles. The van der Waals surface area contributed by atoms with Crippen molar-refractivity contribution in [3.63, 3.8) is 0 Å². The molecule has 2 rings (SSSR count). The summed E-state index contributed by atoms with van der Waals surface area (Å²) in [5.41, 5.74) is 7.80. The minimum Gasteiger partial charge on any atom is -0.384 e. The zero-order valence-corrected chi connectivity index (χ0v) is 10.3. The predicted molar refractivity (Wildman–Crippen MR) is 69.8 cm³/mol. The SMILES string of the molecule is CNc1cc(-c2cc(N)n(C(C)C)n2)ccn1. The molecular weight excluding hydrogens is 214 g/mol. The van der Waals surface area contributed by atoms with E-state index >= 15 is 0 Å². The van der Waals surface area contributed by atoms with Gasteiger partial charge < -0.3 is 11.1 Å². The Hall–Kier alpha value is -2.04. The highest BCUT2D eigenvalue weighted by molar-refractivity contribution is 5.65. The smallest absolute Gasteiger partial charge is 0.126 e. The molecule has 0 bridgehead atoms. The van der Waals surface area contributed by atoms with E-state index in [4.69, 9.17) is 5.73 Å². The minimum absolute atomic E-state index is 0.259. The van der Waals surface area contributed by atoms with Gasteiger partial charge in [-0.25, -0.2) is 9.67 Å². The second-order valence-electron chi connectivity index (χ2n) is 4.17. The van der Waals surface area contributed by atoms with Gasteiger partial charge in [0.05, 0.1) is 5.69 Å². The summed E-state index contributed by atoms with van der Waals surface area (Å²) in [4.78, 5) is 4.17. The molecule has 0 fully saturated rings. The Morgan fingerprint density at radius 3 is 2.71 bits per heavy atom. The number of nitrogens with two attached hydrogens (primary N) is 1. The highest BCUT2D eigenvalue weighted by atomic mass is 15.3. The van der Waals surface area contributed by atoms with Crippen molar-refractivity contribution in [1.82, 2.24) is 14.8 Å². The van der Waals surface area contributed by atoms with Crippen LogP contribution in [0.25, 0.3) is 11.3 Å². The molecule has 0 atom stereocenters. The van der Waals surface area contributed by atoms with Gasteiger partial charge in [0, 0.05) is 30.9 Å². The summed E-state index contributed by atoms with van der Waals surface area (Å²) in [7, 11) is 1.84. The number of nitrogens with zero attached hydrogens (tertiary/aromatic N) is 3. The van der Waals surface area contributed by atoms with Gasteiger partial charge in [-0.3, -0.25) is 0 Å². The lowest BCUT2D eigenvalue weighted by Gasteiger charge is -2.06. The van der Waals surface area contributed by atoms with E-state index in [1.807, 2.05) is 29.9 Å². The van der Waals surface area contributed by atoms with Gasteiger partial charge in [0.15, 0.2) is 0 Å². The van der Waals surface area contributed by atoms with E-state index in [9.17, 15) is 0 Å². The zero-order chi connectivity index (χ0) is 12.4. The van der Waals surface area contributed by atoms with Crippen LogP contribution in [-0.2, 0) is 0 Å². The van der Waals surface area contributed by atoms with E-state index in [2.05, 4.69) is 29.2 Å². The third kappa shape index (κ3) is 2.22. The molecule has 0 saturated heterocycles. The van der Waals surface area contributed by atoms with E-state index in [1.54, 1.807) is 6.20 Å². The normalized spacial score (nSPS) is 10.8. The van der Waals surface area contributed by atoms with E-state index in [1.165, 1.54) is 0 Å². The Bertz CT molecular complexity index is 515. The van der Waals surface area contributed by atoms with Gasteiger partial charge in [-0.2, -0.15) is 5.10 Å². The molecule has 90 valence electrons. The molecule has 0 aromatic carbocycles. The Morgan fingerprint density at radius 1 is 1.35 bits per heavy atom. The first-order valence-corrected chi connectivity index (χ1v) is 5.61. The molecule has 0 aliphatic carbocycles. The quantitative estimate of drug-likeness (QED) is 0.849. The minimum atomic E-state index is 0.259. The number of hydrogen-bond acceptors (Lipinski definition) is 4. The van der Waals surface area contributed by atoms with E-state index in [-0.39, 0.29) is 6.04 Å². The average molecular weight is 231 g/mol. The Labute approximate surface area is 101 Å². The van der Waals surface area contributed by atoms with Crippen LogP contribution in [0.3, 0.4) is 0 Å². The van der Waals surface area contributed by atoms with Crippen LogP contribution >= 0.6 is 0 Å². The summed E-state index contributed by atoms with van der Waals surface area (Å²) in [6.45, 7) is 4.11. The summed E-state index contributed by atoms with van der Waals surface area (Å²) in [6.07, 6.45) is 1.76. The molecular formula is C12H17N5. The molecule has 17 heavy (non-hydrogen) atoms. The first-order valence-electron chi connectivity index (χ1n) is 5.61. The molecule has 0 unspecified atom stereocenters. The van der Waals surface area contributed by atoms with Crippen LogP contribution in [0.1, 0.15) is 19.9 Å². The van der Waals surface area contributed by atoms with Gasteiger partial charge >= 0.3 is 0 Å². The van der Waals surface area contributed by atoms with E-state index < -0.39 is 0 Å². The molecule has 0 spiro atoms. The van der Waals surface area contributed by atoms with Crippen molar-refractivity contribution in [3.05, 3.63) is 24.4 Å². The molecule has 2 aromatic rings. The fourth-order valence-electron chi connectivity index (χ4n) is 1.69. The molecule has 0 aliphatic rings. The second kappa shape index (κ2) is 4.45. The van der Waals surface area contributed by atoms with Crippen LogP contribution < -0.4 is 11.1 Å². The maximum atomic E-state index is 5.92. The highest BCUT2D eigenvalue weighted by Gasteiger charge is 2.09.